The molecule has 1 aromatic heterocycles. The zero-order valence-corrected chi connectivity index (χ0v) is 29.1. The summed E-state index contributed by atoms with van der Waals surface area (Å²) in [6.07, 6.45) is 4.90. The second kappa shape index (κ2) is 14.2. The fraction of sp³-hybridized carbons (Fsp3) is 0.324. The van der Waals surface area contributed by atoms with E-state index in [1.807, 2.05) is 96.1 Å². The molecule has 1 atom stereocenters. The van der Waals surface area contributed by atoms with Crippen LogP contribution < -0.4 is 18.9 Å². The van der Waals surface area contributed by atoms with Gasteiger partial charge < -0.3 is 18.9 Å². The number of allylic oxidation sites excluding steroid dienone is 2. The van der Waals surface area contributed by atoms with E-state index < -0.39 is 31.2 Å². The van der Waals surface area contributed by atoms with E-state index in [0.717, 1.165) is 48.9 Å². The minimum Gasteiger partial charge on any atom is -0.748 e. The maximum absolute atomic E-state index is 11.8. The van der Waals surface area contributed by atoms with Gasteiger partial charge in [-0.15, -0.1) is 0 Å². The Morgan fingerprint density at radius 3 is 2.51 bits per heavy atom. The molecule has 13 heteroatoms. The highest BCUT2D eigenvalue weighted by atomic mass is 32.2. The highest BCUT2D eigenvalue weighted by Gasteiger charge is 2.29. The third kappa shape index (κ3) is 8.22. The standard InChI is InChI=1S/C34H38N2O8S3/c1-5-25(20-34-36(15-9-17-46(37,38)39)29-18-23(2)31(43-4)22-32(29)45-34)19-33-35(16-14-24(3)47(40,41)42)28-21-27(12-13-30(28)44-33)26-10-7-6-8-11-26/h6-8,10-13,18-22,24H,5,9,14-17H2,1-4H3,(H-,37,38,39,40,41,42). The summed E-state index contributed by atoms with van der Waals surface area (Å²) in [4.78, 5) is 1.93. The third-order valence-electron chi connectivity index (χ3n) is 8.15. The largest absolute Gasteiger partial charge is 0.748 e. The molecule has 4 aromatic rings. The normalized spacial score (nSPS) is 15.2. The molecule has 0 amide bonds. The van der Waals surface area contributed by atoms with Gasteiger partial charge in [-0.25, -0.2) is 8.42 Å². The van der Waals surface area contributed by atoms with Gasteiger partial charge in [0.15, 0.2) is 12.3 Å². The van der Waals surface area contributed by atoms with Gasteiger partial charge in [0.25, 0.3) is 15.1 Å². The number of thiazole rings is 1. The lowest BCUT2D eigenvalue weighted by Crippen LogP contribution is -2.36. The quantitative estimate of drug-likeness (QED) is 0.126. The van der Waals surface area contributed by atoms with Crippen molar-refractivity contribution in [3.63, 3.8) is 0 Å². The first-order valence-electron chi connectivity index (χ1n) is 15.3. The molecule has 47 heavy (non-hydrogen) atoms. The van der Waals surface area contributed by atoms with Crippen LogP contribution in [0, 0.1) is 6.92 Å². The van der Waals surface area contributed by atoms with Crippen LogP contribution in [-0.2, 0) is 26.8 Å². The summed E-state index contributed by atoms with van der Waals surface area (Å²) in [7, 11) is -6.96. The molecule has 0 radical (unpaired) electrons. The minimum atomic E-state index is -4.36. The van der Waals surface area contributed by atoms with E-state index in [-0.39, 0.29) is 19.4 Å². The maximum atomic E-state index is 11.8. The van der Waals surface area contributed by atoms with Crippen LogP contribution in [0.1, 0.15) is 43.7 Å². The molecule has 1 aliphatic rings. The Morgan fingerprint density at radius 2 is 1.85 bits per heavy atom. The molecule has 0 spiro atoms. The summed E-state index contributed by atoms with van der Waals surface area (Å²) in [6, 6.07) is 19.7. The fourth-order valence-corrected chi connectivity index (χ4v) is 7.52. The molecule has 0 saturated carbocycles. The Balaban J connectivity index is 1.56. The number of ether oxygens (including phenoxy) is 2. The van der Waals surface area contributed by atoms with Crippen molar-refractivity contribution in [3.8, 4) is 22.6 Å². The number of hydrogen-bond acceptors (Lipinski definition) is 9. The molecular weight excluding hydrogens is 661 g/mol. The van der Waals surface area contributed by atoms with Crippen LogP contribution in [0.4, 0.5) is 5.69 Å². The first-order valence-corrected chi connectivity index (χ1v) is 19.1. The van der Waals surface area contributed by atoms with Gasteiger partial charge in [0.1, 0.15) is 10.4 Å². The third-order valence-corrected chi connectivity index (χ3v) is 11.3. The maximum Gasteiger partial charge on any atom is 0.267 e. The molecule has 1 N–H and O–H groups in total. The van der Waals surface area contributed by atoms with Crippen molar-refractivity contribution in [1.82, 2.24) is 0 Å². The lowest BCUT2D eigenvalue weighted by atomic mass is 10.0. The van der Waals surface area contributed by atoms with E-state index >= 15 is 0 Å². The van der Waals surface area contributed by atoms with Crippen molar-refractivity contribution in [2.45, 2.75) is 51.8 Å². The van der Waals surface area contributed by atoms with Gasteiger partial charge in [0, 0.05) is 43.0 Å². The van der Waals surface area contributed by atoms with Crippen molar-refractivity contribution in [2.24, 2.45) is 0 Å². The van der Waals surface area contributed by atoms with Gasteiger partial charge in [-0.2, -0.15) is 13.0 Å². The molecular formula is C34H38N2O8S3. The number of anilines is 1. The summed E-state index contributed by atoms with van der Waals surface area (Å²) < 4.78 is 82.3. The summed E-state index contributed by atoms with van der Waals surface area (Å²) in [5.41, 5.74) is 5.53. The number of fused-ring (bicyclic) bond motifs is 2. The van der Waals surface area contributed by atoms with Crippen LogP contribution in [0.3, 0.4) is 0 Å². The average Bonchev–Trinajstić information content (AvgIpc) is 3.53. The summed E-state index contributed by atoms with van der Waals surface area (Å²) in [5.74, 6) is 1.42. The van der Waals surface area contributed by atoms with Crippen molar-refractivity contribution < 1.29 is 40.0 Å². The van der Waals surface area contributed by atoms with Crippen LogP contribution in [0.15, 0.2) is 78.2 Å². The number of aromatic nitrogens is 1. The monoisotopic (exact) mass is 698 g/mol. The minimum absolute atomic E-state index is 0.165. The van der Waals surface area contributed by atoms with E-state index in [0.29, 0.717) is 24.6 Å². The number of hydrogen-bond donors (Lipinski definition) is 1. The van der Waals surface area contributed by atoms with Crippen LogP contribution in [0.5, 0.6) is 11.5 Å². The molecule has 10 nitrogen and oxygen atoms in total. The number of benzene rings is 3. The first-order chi connectivity index (χ1) is 22.3. The Hall–Kier alpha value is -3.75. The molecule has 2 heterocycles. The number of aryl methyl sites for hydroxylation is 2. The van der Waals surface area contributed by atoms with Gasteiger partial charge >= 0.3 is 0 Å². The molecule has 5 rings (SSSR count). The average molecular weight is 699 g/mol. The zero-order chi connectivity index (χ0) is 33.9. The van der Waals surface area contributed by atoms with Gasteiger partial charge in [-0.3, -0.25) is 4.55 Å². The van der Waals surface area contributed by atoms with Crippen molar-refractivity contribution >= 4 is 53.6 Å². The van der Waals surface area contributed by atoms with Crippen LogP contribution in [0.2, 0.25) is 0 Å². The van der Waals surface area contributed by atoms with Gasteiger partial charge in [-0.1, -0.05) is 54.7 Å². The Morgan fingerprint density at radius 1 is 1.11 bits per heavy atom. The van der Waals surface area contributed by atoms with E-state index in [9.17, 15) is 25.9 Å². The zero-order valence-electron chi connectivity index (χ0n) is 26.7. The van der Waals surface area contributed by atoms with Crippen LogP contribution in [-0.4, -0.2) is 50.6 Å². The molecule has 1 aliphatic heterocycles. The van der Waals surface area contributed by atoms with E-state index in [1.165, 1.54) is 18.3 Å². The van der Waals surface area contributed by atoms with Gasteiger partial charge in [-0.05, 0) is 61.1 Å². The van der Waals surface area contributed by atoms with Crippen molar-refractivity contribution in [1.29, 1.82) is 0 Å². The molecule has 1 unspecified atom stereocenters. The molecule has 0 bridgehead atoms. The molecule has 3 aromatic carbocycles. The predicted octanol–water partition coefficient (Wildman–Crippen LogP) is 6.31. The lowest BCUT2D eigenvalue weighted by Gasteiger charge is -2.20. The van der Waals surface area contributed by atoms with Crippen molar-refractivity contribution in [2.75, 3.05) is 24.3 Å². The van der Waals surface area contributed by atoms with Crippen LogP contribution >= 0.6 is 11.3 Å². The summed E-state index contributed by atoms with van der Waals surface area (Å²) >= 11 is 1.53. The summed E-state index contributed by atoms with van der Waals surface area (Å²) in [6.45, 7) is 6.04. The lowest BCUT2D eigenvalue weighted by molar-refractivity contribution is -0.668. The van der Waals surface area contributed by atoms with E-state index in [1.54, 1.807) is 7.11 Å². The molecule has 0 fully saturated rings. The van der Waals surface area contributed by atoms with Crippen molar-refractivity contribution in [3.05, 3.63) is 88.8 Å². The fourth-order valence-electron chi connectivity index (χ4n) is 5.46. The van der Waals surface area contributed by atoms with Crippen LogP contribution in [0.25, 0.3) is 27.4 Å². The smallest absolute Gasteiger partial charge is 0.267 e. The predicted molar refractivity (Wildman–Crippen MR) is 184 cm³/mol. The topological polar surface area (TPSA) is 137 Å². The molecule has 0 aliphatic carbocycles. The van der Waals surface area contributed by atoms with E-state index in [2.05, 4.69) is 0 Å². The Bertz CT molecular complexity index is 2050. The first kappa shape index (κ1) is 34.6. The number of rotatable bonds is 13. The summed E-state index contributed by atoms with van der Waals surface area (Å²) in [5, 5.41) is -0.111. The number of methoxy groups -OCH3 is 1. The highest BCUT2D eigenvalue weighted by Crippen LogP contribution is 2.42. The Labute approximate surface area is 280 Å². The Kier molecular flexibility index (Phi) is 10.4. The second-order valence-electron chi connectivity index (χ2n) is 11.5. The van der Waals surface area contributed by atoms with Gasteiger partial charge in [0.05, 0.1) is 28.2 Å². The number of nitrogens with zero attached hydrogens (tertiary/aromatic N) is 2. The second-order valence-corrected chi connectivity index (χ2v) is 15.9. The molecule has 0 saturated heterocycles. The molecule has 250 valence electrons. The SMILES string of the molecule is CCC(=Cc1sc2cc(OC)c(C)cc2[n+]1CCCS(=O)(=O)[O-])/C=C1\Oc2ccc(-c3ccccc3)cc2N1CCC(C)S(=O)(=O)O. The van der Waals surface area contributed by atoms with E-state index in [4.69, 9.17) is 9.47 Å². The van der Waals surface area contributed by atoms with Gasteiger partial charge in [0.2, 0.25) is 11.4 Å². The highest BCUT2D eigenvalue weighted by molar-refractivity contribution is 7.86.